The molecule has 0 aliphatic heterocycles. The van der Waals surface area contributed by atoms with Gasteiger partial charge in [0.25, 0.3) is 0 Å². The minimum atomic E-state index is -1.40. The van der Waals surface area contributed by atoms with Gasteiger partial charge in [0.15, 0.2) is 17.2 Å². The summed E-state index contributed by atoms with van der Waals surface area (Å²) in [5.41, 5.74) is -0.604. The fraction of sp³-hybridized carbons (Fsp3) is 0.222. The van der Waals surface area contributed by atoms with Crippen molar-refractivity contribution in [1.82, 2.24) is 5.32 Å². The normalized spacial score (nSPS) is 12.6. The maximum Gasteiger partial charge on any atom is 0.408 e. The minimum Gasteiger partial charge on any atom is -0.490 e. The number of carbonyl (C=O) groups is 1. The van der Waals surface area contributed by atoms with Crippen LogP contribution in [0.25, 0.3) is 0 Å². The highest BCUT2D eigenvalue weighted by Gasteiger charge is 2.28. The van der Waals surface area contributed by atoms with Crippen LogP contribution in [0.2, 0.25) is 0 Å². The summed E-state index contributed by atoms with van der Waals surface area (Å²) in [6.45, 7) is 1.21. The van der Waals surface area contributed by atoms with Gasteiger partial charge in [-0.05, 0) is 24.6 Å². The molecule has 0 aromatic heterocycles. The Hall–Kier alpha value is -3.14. The van der Waals surface area contributed by atoms with Gasteiger partial charge in [0.2, 0.25) is 0 Å². The van der Waals surface area contributed by atoms with E-state index in [2.05, 4.69) is 5.32 Å². The number of ether oxygens (including phenoxy) is 2. The molecule has 1 unspecified atom stereocenters. The molecule has 0 saturated carbocycles. The van der Waals surface area contributed by atoms with E-state index in [0.29, 0.717) is 0 Å². The van der Waals surface area contributed by atoms with E-state index in [9.17, 15) is 18.8 Å². The van der Waals surface area contributed by atoms with Crippen molar-refractivity contribution >= 4 is 6.09 Å². The van der Waals surface area contributed by atoms with Crippen molar-refractivity contribution in [2.24, 2.45) is 0 Å². The Bertz CT molecular complexity index is 778. The van der Waals surface area contributed by atoms with E-state index in [-0.39, 0.29) is 19.0 Å². The highest BCUT2D eigenvalue weighted by Crippen LogP contribution is 2.17. The van der Waals surface area contributed by atoms with Crippen molar-refractivity contribution in [2.75, 3.05) is 6.61 Å². The first-order valence-corrected chi connectivity index (χ1v) is 7.40. The molecule has 0 aliphatic carbocycles. The van der Waals surface area contributed by atoms with E-state index < -0.39 is 23.3 Å². The van der Waals surface area contributed by atoms with Gasteiger partial charge in [0, 0.05) is 6.07 Å². The van der Waals surface area contributed by atoms with Gasteiger partial charge in [0.05, 0.1) is 6.07 Å². The van der Waals surface area contributed by atoms with Gasteiger partial charge >= 0.3 is 6.09 Å². The van der Waals surface area contributed by atoms with Gasteiger partial charge in [-0.3, -0.25) is 5.32 Å². The quantitative estimate of drug-likeness (QED) is 0.868. The molecule has 0 radical (unpaired) electrons. The second-order valence-electron chi connectivity index (χ2n) is 5.50. The van der Waals surface area contributed by atoms with Crippen LogP contribution in [0.1, 0.15) is 12.5 Å². The number of carbonyl (C=O) groups excluding carboxylic acids is 1. The van der Waals surface area contributed by atoms with Crippen LogP contribution in [0, 0.1) is 23.0 Å². The molecule has 1 atom stereocenters. The lowest BCUT2D eigenvalue weighted by atomic mass is 10.1. The first-order chi connectivity index (χ1) is 11.9. The standard InChI is InChI=1S/C18H16F2N2O3/c1-18(11-21,12-25-14-7-8-15(19)16(20)9-14)22-17(23)24-10-13-5-3-2-4-6-13/h2-9H,10,12H2,1H3,(H,22,23). The third-order valence-electron chi connectivity index (χ3n) is 3.26. The van der Waals surface area contributed by atoms with Crippen molar-refractivity contribution in [2.45, 2.75) is 19.1 Å². The van der Waals surface area contributed by atoms with Crippen LogP contribution in [0.4, 0.5) is 13.6 Å². The molecule has 0 spiro atoms. The molecule has 1 N–H and O–H groups in total. The molecular formula is C18H16F2N2O3. The Labute approximate surface area is 143 Å². The van der Waals surface area contributed by atoms with E-state index >= 15 is 0 Å². The third-order valence-corrected chi connectivity index (χ3v) is 3.26. The predicted octanol–water partition coefficient (Wildman–Crippen LogP) is 3.55. The van der Waals surface area contributed by atoms with Crippen LogP contribution < -0.4 is 10.1 Å². The number of amides is 1. The van der Waals surface area contributed by atoms with Crippen molar-refractivity contribution in [3.63, 3.8) is 0 Å². The molecule has 25 heavy (non-hydrogen) atoms. The maximum absolute atomic E-state index is 13.1. The van der Waals surface area contributed by atoms with Crippen LogP contribution in [0.5, 0.6) is 5.75 Å². The number of nitrogens with one attached hydrogen (secondary N) is 1. The lowest BCUT2D eigenvalue weighted by Gasteiger charge is -2.23. The third kappa shape index (κ3) is 5.46. The first kappa shape index (κ1) is 18.2. The van der Waals surface area contributed by atoms with E-state index in [1.165, 1.54) is 13.0 Å². The monoisotopic (exact) mass is 346 g/mol. The van der Waals surface area contributed by atoms with E-state index in [1.54, 1.807) is 12.1 Å². The largest absolute Gasteiger partial charge is 0.490 e. The van der Waals surface area contributed by atoms with Gasteiger partial charge in [-0.2, -0.15) is 5.26 Å². The van der Waals surface area contributed by atoms with E-state index in [1.807, 2.05) is 24.3 Å². The molecule has 0 aliphatic rings. The molecular weight excluding hydrogens is 330 g/mol. The average molecular weight is 346 g/mol. The SMILES string of the molecule is CC(C#N)(COc1ccc(F)c(F)c1)NC(=O)OCc1ccccc1. The number of hydrogen-bond donors (Lipinski definition) is 1. The number of nitrogens with zero attached hydrogens (tertiary/aromatic N) is 1. The summed E-state index contributed by atoms with van der Waals surface area (Å²) in [7, 11) is 0. The Morgan fingerprint density at radius 2 is 1.92 bits per heavy atom. The van der Waals surface area contributed by atoms with Gasteiger partial charge in [-0.25, -0.2) is 13.6 Å². The van der Waals surface area contributed by atoms with Crippen LogP contribution in [-0.2, 0) is 11.3 Å². The number of alkyl carbamates (subject to hydrolysis) is 1. The summed E-state index contributed by atoms with van der Waals surface area (Å²) in [5, 5.41) is 11.7. The van der Waals surface area contributed by atoms with Crippen LogP contribution in [0.15, 0.2) is 48.5 Å². The molecule has 2 aromatic rings. The van der Waals surface area contributed by atoms with Crippen LogP contribution >= 0.6 is 0 Å². The molecule has 1 amide bonds. The summed E-state index contributed by atoms with van der Waals surface area (Å²) in [4.78, 5) is 11.9. The zero-order valence-corrected chi connectivity index (χ0v) is 13.5. The van der Waals surface area contributed by atoms with Gasteiger partial charge in [-0.1, -0.05) is 30.3 Å². The fourth-order valence-electron chi connectivity index (χ4n) is 1.88. The van der Waals surface area contributed by atoms with Gasteiger partial charge in [0.1, 0.15) is 19.0 Å². The van der Waals surface area contributed by atoms with Gasteiger partial charge < -0.3 is 9.47 Å². The second kappa shape index (κ2) is 8.11. The molecule has 0 bridgehead atoms. The molecule has 2 aromatic carbocycles. The molecule has 0 saturated heterocycles. The van der Waals surface area contributed by atoms with E-state index in [4.69, 9.17) is 9.47 Å². The number of rotatable bonds is 6. The number of halogens is 2. The lowest BCUT2D eigenvalue weighted by molar-refractivity contribution is 0.125. The number of benzene rings is 2. The Morgan fingerprint density at radius 3 is 2.56 bits per heavy atom. The van der Waals surface area contributed by atoms with Crippen molar-refractivity contribution in [3.05, 3.63) is 65.7 Å². The Kier molecular flexibility index (Phi) is 5.90. The van der Waals surface area contributed by atoms with Crippen LogP contribution in [-0.4, -0.2) is 18.2 Å². The number of nitriles is 1. The van der Waals surface area contributed by atoms with E-state index in [0.717, 1.165) is 17.7 Å². The maximum atomic E-state index is 13.1. The Morgan fingerprint density at radius 1 is 1.20 bits per heavy atom. The molecule has 5 nitrogen and oxygen atoms in total. The summed E-state index contributed by atoms with van der Waals surface area (Å²) < 4.78 is 36.3. The lowest BCUT2D eigenvalue weighted by Crippen LogP contribution is -2.49. The van der Waals surface area contributed by atoms with Gasteiger partial charge in [-0.15, -0.1) is 0 Å². The Balaban J connectivity index is 1.89. The summed E-state index contributed by atoms with van der Waals surface area (Å²) in [6.07, 6.45) is -0.790. The highest BCUT2D eigenvalue weighted by molar-refractivity contribution is 5.69. The molecule has 0 fully saturated rings. The average Bonchev–Trinajstić information content (AvgIpc) is 2.62. The fourth-order valence-corrected chi connectivity index (χ4v) is 1.88. The minimum absolute atomic E-state index is 0.0415. The predicted molar refractivity (Wildman–Crippen MR) is 85.6 cm³/mol. The smallest absolute Gasteiger partial charge is 0.408 e. The molecule has 2 rings (SSSR count). The highest BCUT2D eigenvalue weighted by atomic mass is 19.2. The van der Waals surface area contributed by atoms with Crippen LogP contribution in [0.3, 0.4) is 0 Å². The summed E-state index contributed by atoms with van der Waals surface area (Å²) >= 11 is 0. The topological polar surface area (TPSA) is 71.3 Å². The summed E-state index contributed by atoms with van der Waals surface area (Å²) in [5.74, 6) is -2.02. The number of hydrogen-bond acceptors (Lipinski definition) is 4. The van der Waals surface area contributed by atoms with Crippen molar-refractivity contribution in [1.29, 1.82) is 5.26 Å². The molecule has 130 valence electrons. The van der Waals surface area contributed by atoms with Crippen molar-refractivity contribution in [3.8, 4) is 11.8 Å². The molecule has 0 heterocycles. The first-order valence-electron chi connectivity index (χ1n) is 7.40. The molecule has 7 heteroatoms. The zero-order chi connectivity index (χ0) is 18.3. The summed E-state index contributed by atoms with van der Waals surface area (Å²) in [6, 6.07) is 14.0. The second-order valence-corrected chi connectivity index (χ2v) is 5.50. The van der Waals surface area contributed by atoms with Crippen molar-refractivity contribution < 1.29 is 23.0 Å². The zero-order valence-electron chi connectivity index (χ0n) is 13.5.